The molecule has 0 bridgehead atoms. The van der Waals surface area contributed by atoms with Crippen molar-refractivity contribution in [2.45, 2.75) is 13.5 Å². The van der Waals surface area contributed by atoms with E-state index in [1.165, 1.54) is 0 Å². The van der Waals surface area contributed by atoms with Gasteiger partial charge in [-0.1, -0.05) is 6.92 Å². The van der Waals surface area contributed by atoms with E-state index in [0.717, 1.165) is 23.3 Å². The summed E-state index contributed by atoms with van der Waals surface area (Å²) in [6.07, 6.45) is 2.11. The summed E-state index contributed by atoms with van der Waals surface area (Å²) in [7, 11) is 3.24. The molecule has 2 aromatic rings. The first-order valence-electron chi connectivity index (χ1n) is 6.47. The number of benzene rings is 1. The highest BCUT2D eigenvalue weighted by atomic mass is 32.2. The van der Waals surface area contributed by atoms with Gasteiger partial charge in [-0.15, -0.1) is 0 Å². The topological polar surface area (TPSA) is 62.3 Å². The van der Waals surface area contributed by atoms with E-state index in [0.29, 0.717) is 23.4 Å². The molecule has 1 heterocycles. The predicted molar refractivity (Wildman–Crippen MR) is 84.8 cm³/mol. The number of aromatic nitrogens is 2. The van der Waals surface area contributed by atoms with Crippen molar-refractivity contribution >= 4 is 28.7 Å². The highest BCUT2D eigenvalue weighted by Crippen LogP contribution is 2.33. The Bertz CT molecular complexity index is 598. The van der Waals surface area contributed by atoms with Crippen molar-refractivity contribution in [2.75, 3.05) is 32.0 Å². The Hall–Kier alpha value is -1.56. The highest BCUT2D eigenvalue weighted by Gasteiger charge is 2.15. The number of nitrogen functional groups attached to an aromatic ring is 1. The molecule has 0 amide bonds. The van der Waals surface area contributed by atoms with Crippen LogP contribution in [0.3, 0.4) is 0 Å². The number of hydrogen-bond donors (Lipinski definition) is 1. The van der Waals surface area contributed by atoms with E-state index >= 15 is 0 Å². The first kappa shape index (κ1) is 14.8. The van der Waals surface area contributed by atoms with Crippen molar-refractivity contribution in [1.29, 1.82) is 0 Å². The zero-order valence-corrected chi connectivity index (χ0v) is 13.2. The van der Waals surface area contributed by atoms with Crippen molar-refractivity contribution in [1.82, 2.24) is 9.55 Å². The lowest BCUT2D eigenvalue weighted by molar-refractivity contribution is 0.355. The molecular weight excluding hydrogens is 274 g/mol. The maximum Gasteiger partial charge on any atom is 0.201 e. The van der Waals surface area contributed by atoms with Crippen molar-refractivity contribution < 1.29 is 9.47 Å². The van der Waals surface area contributed by atoms with Crippen LogP contribution in [0.2, 0.25) is 0 Å². The van der Waals surface area contributed by atoms with Gasteiger partial charge in [0.1, 0.15) is 0 Å². The lowest BCUT2D eigenvalue weighted by Crippen LogP contribution is -2.12. The Morgan fingerprint density at radius 2 is 1.95 bits per heavy atom. The number of imidazole rings is 1. The minimum absolute atomic E-state index is 0.526. The number of methoxy groups -OCH3 is 2. The number of nitrogens with two attached hydrogens (primary N) is 1. The largest absolute Gasteiger partial charge is 0.493 e. The van der Waals surface area contributed by atoms with Gasteiger partial charge >= 0.3 is 0 Å². The molecule has 1 unspecified atom stereocenters. The van der Waals surface area contributed by atoms with Crippen LogP contribution in [0, 0.1) is 5.92 Å². The molecule has 110 valence electrons. The molecule has 0 spiro atoms. The summed E-state index contributed by atoms with van der Waals surface area (Å²) in [4.78, 5) is 4.41. The Balaban J connectivity index is 2.46. The van der Waals surface area contributed by atoms with Gasteiger partial charge < -0.3 is 19.8 Å². The van der Waals surface area contributed by atoms with Gasteiger partial charge in [0.15, 0.2) is 11.5 Å². The number of fused-ring (bicyclic) bond motifs is 1. The predicted octanol–water partition coefficient (Wildman–Crippen LogP) is 2.63. The van der Waals surface area contributed by atoms with Gasteiger partial charge in [-0.2, -0.15) is 11.8 Å². The highest BCUT2D eigenvalue weighted by molar-refractivity contribution is 7.98. The number of ether oxygens (including phenoxy) is 2. The molecule has 1 aromatic carbocycles. The van der Waals surface area contributed by atoms with Crippen LogP contribution in [-0.4, -0.2) is 35.8 Å². The van der Waals surface area contributed by atoms with E-state index in [2.05, 4.69) is 18.2 Å². The summed E-state index contributed by atoms with van der Waals surface area (Å²) in [5.74, 6) is 3.51. The third-order valence-electron chi connectivity index (χ3n) is 3.23. The molecule has 20 heavy (non-hydrogen) atoms. The van der Waals surface area contributed by atoms with Gasteiger partial charge in [0.2, 0.25) is 5.95 Å². The summed E-state index contributed by atoms with van der Waals surface area (Å²) < 4.78 is 12.7. The molecule has 0 fully saturated rings. The summed E-state index contributed by atoms with van der Waals surface area (Å²) in [6, 6.07) is 3.80. The number of anilines is 1. The Labute approximate surface area is 123 Å². The van der Waals surface area contributed by atoms with Crippen molar-refractivity contribution in [3.8, 4) is 11.5 Å². The molecule has 5 nitrogen and oxygen atoms in total. The molecule has 0 aliphatic rings. The van der Waals surface area contributed by atoms with Crippen molar-refractivity contribution in [3.63, 3.8) is 0 Å². The second-order valence-corrected chi connectivity index (χ2v) is 5.75. The van der Waals surface area contributed by atoms with Crippen LogP contribution < -0.4 is 15.2 Å². The van der Waals surface area contributed by atoms with Crippen LogP contribution in [0.25, 0.3) is 11.0 Å². The molecule has 1 atom stereocenters. The van der Waals surface area contributed by atoms with Crippen molar-refractivity contribution in [3.05, 3.63) is 12.1 Å². The summed E-state index contributed by atoms with van der Waals surface area (Å²) in [6.45, 7) is 3.06. The standard InChI is InChI=1S/C14H21N3O2S/c1-9(8-20-4)7-17-11-6-13(19-3)12(18-2)5-10(11)16-14(17)15/h5-6,9H,7-8H2,1-4H3,(H2,15,16). The summed E-state index contributed by atoms with van der Waals surface area (Å²) in [5, 5.41) is 0. The van der Waals surface area contributed by atoms with E-state index in [1.54, 1.807) is 14.2 Å². The molecule has 1 aromatic heterocycles. The monoisotopic (exact) mass is 295 g/mol. The first-order chi connectivity index (χ1) is 9.60. The van der Waals surface area contributed by atoms with E-state index in [4.69, 9.17) is 15.2 Å². The lowest BCUT2D eigenvalue weighted by atomic mass is 10.2. The van der Waals surface area contributed by atoms with E-state index in [-0.39, 0.29) is 0 Å². The fourth-order valence-corrected chi connectivity index (χ4v) is 2.99. The summed E-state index contributed by atoms with van der Waals surface area (Å²) in [5.41, 5.74) is 7.85. The Morgan fingerprint density at radius 1 is 1.30 bits per heavy atom. The molecule has 2 N–H and O–H groups in total. The average molecular weight is 295 g/mol. The third-order valence-corrected chi connectivity index (χ3v) is 4.13. The van der Waals surface area contributed by atoms with Gasteiger partial charge in [0.05, 0.1) is 25.3 Å². The van der Waals surface area contributed by atoms with Crippen LogP contribution in [0.4, 0.5) is 5.95 Å². The Kier molecular flexibility index (Phi) is 4.65. The number of thioether (sulfide) groups is 1. The molecule has 0 aliphatic carbocycles. The third kappa shape index (κ3) is 2.80. The normalized spacial score (nSPS) is 12.6. The van der Waals surface area contributed by atoms with Gasteiger partial charge in [-0.05, 0) is 17.9 Å². The average Bonchev–Trinajstić information content (AvgIpc) is 2.73. The number of hydrogen-bond acceptors (Lipinski definition) is 5. The van der Waals surface area contributed by atoms with Gasteiger partial charge in [-0.3, -0.25) is 0 Å². The van der Waals surface area contributed by atoms with Crippen LogP contribution in [0.5, 0.6) is 11.5 Å². The van der Waals surface area contributed by atoms with E-state index < -0.39 is 0 Å². The van der Waals surface area contributed by atoms with Crippen LogP contribution >= 0.6 is 11.8 Å². The fourth-order valence-electron chi connectivity index (χ4n) is 2.31. The summed E-state index contributed by atoms with van der Waals surface area (Å²) >= 11 is 1.84. The molecule has 0 aliphatic heterocycles. The zero-order valence-electron chi connectivity index (χ0n) is 12.3. The van der Waals surface area contributed by atoms with E-state index in [1.807, 2.05) is 28.5 Å². The lowest BCUT2D eigenvalue weighted by Gasteiger charge is -2.13. The molecular formula is C14H21N3O2S. The smallest absolute Gasteiger partial charge is 0.201 e. The molecule has 0 saturated heterocycles. The molecule has 0 saturated carbocycles. The quantitative estimate of drug-likeness (QED) is 0.887. The minimum Gasteiger partial charge on any atom is -0.493 e. The second kappa shape index (κ2) is 6.26. The van der Waals surface area contributed by atoms with Crippen LogP contribution in [0.15, 0.2) is 12.1 Å². The van der Waals surface area contributed by atoms with Gasteiger partial charge in [-0.25, -0.2) is 4.98 Å². The van der Waals surface area contributed by atoms with Crippen LogP contribution in [-0.2, 0) is 6.54 Å². The molecule has 0 radical (unpaired) electrons. The second-order valence-electron chi connectivity index (χ2n) is 4.84. The van der Waals surface area contributed by atoms with Gasteiger partial charge in [0.25, 0.3) is 0 Å². The maximum absolute atomic E-state index is 6.04. The Morgan fingerprint density at radius 3 is 2.55 bits per heavy atom. The number of nitrogens with zero attached hydrogens (tertiary/aromatic N) is 2. The van der Waals surface area contributed by atoms with Gasteiger partial charge in [0, 0.05) is 18.7 Å². The number of rotatable bonds is 6. The SMILES string of the molecule is COc1cc2nc(N)n(CC(C)CSC)c2cc1OC. The zero-order chi connectivity index (χ0) is 14.7. The minimum atomic E-state index is 0.526. The molecule has 2 rings (SSSR count). The maximum atomic E-state index is 6.04. The van der Waals surface area contributed by atoms with Crippen molar-refractivity contribution in [2.24, 2.45) is 5.92 Å². The fraction of sp³-hybridized carbons (Fsp3) is 0.500. The van der Waals surface area contributed by atoms with E-state index in [9.17, 15) is 0 Å². The van der Waals surface area contributed by atoms with Crippen LogP contribution in [0.1, 0.15) is 6.92 Å². The first-order valence-corrected chi connectivity index (χ1v) is 7.86. The molecule has 6 heteroatoms.